The smallest absolute Gasteiger partial charge is 0.252 e. The van der Waals surface area contributed by atoms with Crippen molar-refractivity contribution in [1.29, 1.82) is 0 Å². The van der Waals surface area contributed by atoms with Gasteiger partial charge in [0.15, 0.2) is 0 Å². The lowest BCUT2D eigenvalue weighted by atomic mass is 10.1. The van der Waals surface area contributed by atoms with E-state index in [-0.39, 0.29) is 17.9 Å². The van der Waals surface area contributed by atoms with E-state index in [0.29, 0.717) is 21.6 Å². The molecule has 2 N–H and O–H groups in total. The second-order valence-electron chi connectivity index (χ2n) is 4.57. The molecule has 3 nitrogen and oxygen atoms in total. The molecule has 1 aromatic rings. The molecular weight excluding hydrogens is 318 g/mol. The lowest BCUT2D eigenvalue weighted by Crippen LogP contribution is -2.32. The second-order valence-corrected chi connectivity index (χ2v) is 5.80. The van der Waals surface area contributed by atoms with Gasteiger partial charge in [-0.1, -0.05) is 24.1 Å². The van der Waals surface area contributed by atoms with Crippen LogP contribution >= 0.6 is 27.5 Å². The molecule has 1 fully saturated rings. The molecule has 18 heavy (non-hydrogen) atoms. The molecule has 0 aliphatic heterocycles. The number of benzene rings is 1. The van der Waals surface area contributed by atoms with Crippen molar-refractivity contribution in [2.24, 2.45) is 5.92 Å². The molecule has 1 amide bonds. The van der Waals surface area contributed by atoms with Gasteiger partial charge in [-0.3, -0.25) is 4.79 Å². The van der Waals surface area contributed by atoms with Gasteiger partial charge in [-0.05, 0) is 40.9 Å². The average Bonchev–Trinajstić information content (AvgIpc) is 2.75. The monoisotopic (exact) mass is 331 g/mol. The van der Waals surface area contributed by atoms with E-state index in [1.54, 1.807) is 18.2 Å². The topological polar surface area (TPSA) is 49.3 Å². The Morgan fingerprint density at radius 2 is 2.28 bits per heavy atom. The number of nitrogens with one attached hydrogen (secondary N) is 1. The van der Waals surface area contributed by atoms with Crippen molar-refractivity contribution >= 4 is 33.4 Å². The Balaban J connectivity index is 1.97. The lowest BCUT2D eigenvalue weighted by Gasteiger charge is -2.15. The second kappa shape index (κ2) is 6.04. The average molecular weight is 333 g/mol. The van der Waals surface area contributed by atoms with E-state index in [9.17, 15) is 9.90 Å². The quantitative estimate of drug-likeness (QED) is 0.894. The summed E-state index contributed by atoms with van der Waals surface area (Å²) < 4.78 is 0.706. The highest BCUT2D eigenvalue weighted by Crippen LogP contribution is 2.27. The minimum Gasteiger partial charge on any atom is -0.393 e. The number of aliphatic hydroxyl groups excluding tert-OH is 1. The van der Waals surface area contributed by atoms with Gasteiger partial charge in [-0.25, -0.2) is 0 Å². The summed E-state index contributed by atoms with van der Waals surface area (Å²) in [6, 6.07) is 5.25. The largest absolute Gasteiger partial charge is 0.393 e. The van der Waals surface area contributed by atoms with Crippen molar-refractivity contribution in [2.45, 2.75) is 25.4 Å². The summed E-state index contributed by atoms with van der Waals surface area (Å²) in [4.78, 5) is 12.0. The van der Waals surface area contributed by atoms with Crippen LogP contribution in [0.5, 0.6) is 0 Å². The van der Waals surface area contributed by atoms with E-state index in [2.05, 4.69) is 21.2 Å². The van der Waals surface area contributed by atoms with Crippen molar-refractivity contribution in [3.05, 3.63) is 33.3 Å². The number of aliphatic hydroxyl groups is 1. The van der Waals surface area contributed by atoms with Gasteiger partial charge in [-0.15, -0.1) is 0 Å². The number of amides is 1. The lowest BCUT2D eigenvalue weighted by molar-refractivity contribution is 0.0917. The summed E-state index contributed by atoms with van der Waals surface area (Å²) in [5.74, 6) is -0.0275. The van der Waals surface area contributed by atoms with Gasteiger partial charge in [0.1, 0.15) is 0 Å². The van der Waals surface area contributed by atoms with E-state index in [1.165, 1.54) is 0 Å². The Hall–Kier alpha value is -0.580. The van der Waals surface area contributed by atoms with Crippen LogP contribution < -0.4 is 5.32 Å². The molecule has 0 bridgehead atoms. The molecule has 0 aromatic heterocycles. The molecule has 1 aliphatic carbocycles. The van der Waals surface area contributed by atoms with Gasteiger partial charge in [0.25, 0.3) is 5.91 Å². The molecule has 0 spiro atoms. The van der Waals surface area contributed by atoms with Crippen molar-refractivity contribution in [1.82, 2.24) is 5.32 Å². The highest BCUT2D eigenvalue weighted by atomic mass is 79.9. The predicted molar refractivity (Wildman–Crippen MR) is 74.8 cm³/mol. The summed E-state index contributed by atoms with van der Waals surface area (Å²) in [5.41, 5.74) is 0.457. The standard InChI is InChI=1S/C13H15BrClNO2/c14-10-5-2-4-9(12(10)15)13(18)16-7-8-3-1-6-11(8)17/h2,4-5,8,11,17H,1,3,6-7H2,(H,16,18)/t8-,11+/m1/s1. The van der Waals surface area contributed by atoms with Gasteiger partial charge in [0.05, 0.1) is 16.7 Å². The van der Waals surface area contributed by atoms with E-state index >= 15 is 0 Å². The van der Waals surface area contributed by atoms with Crippen LogP contribution in [-0.2, 0) is 0 Å². The Kier molecular flexibility index (Phi) is 4.65. The molecule has 98 valence electrons. The van der Waals surface area contributed by atoms with Crippen LogP contribution in [0, 0.1) is 5.92 Å². The minimum absolute atomic E-state index is 0.167. The third kappa shape index (κ3) is 3.05. The molecule has 0 heterocycles. The Morgan fingerprint density at radius 1 is 1.50 bits per heavy atom. The Labute approximate surface area is 120 Å². The number of hydrogen-bond donors (Lipinski definition) is 2. The number of hydrogen-bond acceptors (Lipinski definition) is 2. The van der Waals surface area contributed by atoms with Crippen molar-refractivity contribution in [3.8, 4) is 0 Å². The van der Waals surface area contributed by atoms with Gasteiger partial charge >= 0.3 is 0 Å². The zero-order valence-electron chi connectivity index (χ0n) is 9.83. The van der Waals surface area contributed by atoms with Crippen LogP contribution in [0.3, 0.4) is 0 Å². The number of carbonyl (C=O) groups is 1. The third-order valence-corrected chi connectivity index (χ3v) is 4.64. The molecular formula is C13H15BrClNO2. The molecule has 1 aromatic carbocycles. The summed E-state index contributed by atoms with van der Waals surface area (Å²) in [6.45, 7) is 0.503. The fourth-order valence-corrected chi connectivity index (χ4v) is 2.83. The van der Waals surface area contributed by atoms with Gasteiger partial charge in [0.2, 0.25) is 0 Å². The maximum absolute atomic E-state index is 12.0. The third-order valence-electron chi connectivity index (χ3n) is 3.34. The van der Waals surface area contributed by atoms with Crippen molar-refractivity contribution in [3.63, 3.8) is 0 Å². The summed E-state index contributed by atoms with van der Waals surface area (Å²) in [7, 11) is 0. The summed E-state index contributed by atoms with van der Waals surface area (Å²) in [5, 5.41) is 12.9. The summed E-state index contributed by atoms with van der Waals surface area (Å²) in [6.07, 6.45) is 2.54. The van der Waals surface area contributed by atoms with E-state index in [1.807, 2.05) is 0 Å². The molecule has 5 heteroatoms. The Bertz CT molecular complexity index is 453. The zero-order chi connectivity index (χ0) is 13.1. The first kappa shape index (κ1) is 13.8. The number of rotatable bonds is 3. The van der Waals surface area contributed by atoms with Crippen LogP contribution in [0.25, 0.3) is 0 Å². The van der Waals surface area contributed by atoms with Crippen LogP contribution in [0.2, 0.25) is 5.02 Å². The van der Waals surface area contributed by atoms with E-state index in [4.69, 9.17) is 11.6 Å². The molecule has 1 saturated carbocycles. The Morgan fingerprint density at radius 3 is 2.94 bits per heavy atom. The van der Waals surface area contributed by atoms with Crippen molar-refractivity contribution < 1.29 is 9.90 Å². The first-order valence-corrected chi connectivity index (χ1v) is 7.17. The number of carbonyl (C=O) groups excluding carboxylic acids is 1. The molecule has 2 atom stereocenters. The van der Waals surface area contributed by atoms with Crippen LogP contribution in [0.1, 0.15) is 29.6 Å². The first-order valence-electron chi connectivity index (χ1n) is 6.00. The molecule has 1 aliphatic rings. The highest BCUT2D eigenvalue weighted by Gasteiger charge is 2.25. The highest BCUT2D eigenvalue weighted by molar-refractivity contribution is 9.10. The fraction of sp³-hybridized carbons (Fsp3) is 0.462. The molecule has 0 radical (unpaired) electrons. The predicted octanol–water partition coefficient (Wildman–Crippen LogP) is 2.99. The van der Waals surface area contributed by atoms with Gasteiger partial charge in [0, 0.05) is 16.9 Å². The fourth-order valence-electron chi connectivity index (χ4n) is 2.25. The maximum atomic E-state index is 12.0. The molecule has 0 unspecified atom stereocenters. The van der Waals surface area contributed by atoms with Crippen LogP contribution in [0.4, 0.5) is 0 Å². The van der Waals surface area contributed by atoms with Gasteiger partial charge in [-0.2, -0.15) is 0 Å². The zero-order valence-corrected chi connectivity index (χ0v) is 12.2. The van der Waals surface area contributed by atoms with Gasteiger partial charge < -0.3 is 10.4 Å². The first-order chi connectivity index (χ1) is 8.59. The van der Waals surface area contributed by atoms with E-state index < -0.39 is 0 Å². The summed E-state index contributed by atoms with van der Waals surface area (Å²) >= 11 is 9.34. The molecule has 0 saturated heterocycles. The van der Waals surface area contributed by atoms with Crippen molar-refractivity contribution in [2.75, 3.05) is 6.54 Å². The number of halogens is 2. The van der Waals surface area contributed by atoms with Crippen LogP contribution in [-0.4, -0.2) is 23.7 Å². The maximum Gasteiger partial charge on any atom is 0.252 e. The normalized spacial score (nSPS) is 23.1. The SMILES string of the molecule is O=C(NC[C@H]1CCC[C@@H]1O)c1cccc(Br)c1Cl. The van der Waals surface area contributed by atoms with Crippen LogP contribution in [0.15, 0.2) is 22.7 Å². The van der Waals surface area contributed by atoms with E-state index in [0.717, 1.165) is 19.3 Å². The molecule has 2 rings (SSSR count). The minimum atomic E-state index is -0.289.